The second kappa shape index (κ2) is 4.28. The highest BCUT2D eigenvalue weighted by Gasteiger charge is 2.09. The van der Waals surface area contributed by atoms with E-state index in [0.717, 1.165) is 5.56 Å². The third kappa shape index (κ3) is 2.02. The van der Waals surface area contributed by atoms with Crippen molar-refractivity contribution in [2.45, 2.75) is 6.42 Å². The lowest BCUT2D eigenvalue weighted by Gasteiger charge is -2.16. The molecule has 2 amide bonds. The molecular weight excluding hydrogens is 178 g/mol. The standard InChI is InChI=1S/C10H11N3O/c1-13(10(12)14)9-5-3-2-4-8(9)6-7-11/h2-5H,6H2,1H3,(H2,12,14). The molecule has 72 valence electrons. The van der Waals surface area contributed by atoms with Crippen LogP contribution in [0.25, 0.3) is 0 Å². The Balaban J connectivity index is 3.07. The van der Waals surface area contributed by atoms with E-state index < -0.39 is 6.03 Å². The van der Waals surface area contributed by atoms with Gasteiger partial charge in [0.05, 0.1) is 12.5 Å². The van der Waals surface area contributed by atoms with Crippen LogP contribution < -0.4 is 10.6 Å². The highest BCUT2D eigenvalue weighted by atomic mass is 16.2. The number of anilines is 1. The summed E-state index contributed by atoms with van der Waals surface area (Å²) in [6, 6.07) is 8.70. The Labute approximate surface area is 82.5 Å². The Morgan fingerprint density at radius 2 is 2.21 bits per heavy atom. The van der Waals surface area contributed by atoms with Gasteiger partial charge >= 0.3 is 6.03 Å². The van der Waals surface area contributed by atoms with Gasteiger partial charge in [-0.1, -0.05) is 18.2 Å². The van der Waals surface area contributed by atoms with Gasteiger partial charge in [-0.05, 0) is 11.6 Å². The van der Waals surface area contributed by atoms with Crippen molar-refractivity contribution >= 4 is 11.7 Å². The predicted octanol–water partition coefficient (Wildman–Crippen LogP) is 1.27. The Kier molecular flexibility index (Phi) is 3.08. The van der Waals surface area contributed by atoms with Gasteiger partial charge in [0.15, 0.2) is 0 Å². The summed E-state index contributed by atoms with van der Waals surface area (Å²) in [5, 5.41) is 8.58. The molecule has 0 saturated heterocycles. The zero-order chi connectivity index (χ0) is 10.6. The van der Waals surface area contributed by atoms with Gasteiger partial charge < -0.3 is 5.73 Å². The van der Waals surface area contributed by atoms with Crippen LogP contribution in [-0.2, 0) is 6.42 Å². The summed E-state index contributed by atoms with van der Waals surface area (Å²) in [6.45, 7) is 0. The fourth-order valence-electron chi connectivity index (χ4n) is 1.19. The first-order valence-corrected chi connectivity index (χ1v) is 4.15. The van der Waals surface area contributed by atoms with Crippen LogP contribution in [0.5, 0.6) is 0 Å². The molecule has 0 bridgehead atoms. The van der Waals surface area contributed by atoms with E-state index in [9.17, 15) is 4.79 Å². The van der Waals surface area contributed by atoms with Crippen molar-refractivity contribution in [3.05, 3.63) is 29.8 Å². The topological polar surface area (TPSA) is 70.1 Å². The Hall–Kier alpha value is -2.02. The fraction of sp³-hybridized carbons (Fsp3) is 0.200. The number of nitrogens with zero attached hydrogens (tertiary/aromatic N) is 2. The van der Waals surface area contributed by atoms with Crippen LogP contribution in [0.2, 0.25) is 0 Å². The molecule has 0 spiro atoms. The molecule has 4 nitrogen and oxygen atoms in total. The Bertz CT molecular complexity index is 381. The van der Waals surface area contributed by atoms with E-state index in [-0.39, 0.29) is 6.42 Å². The number of rotatable bonds is 2. The van der Waals surface area contributed by atoms with Gasteiger partial charge in [0, 0.05) is 12.7 Å². The van der Waals surface area contributed by atoms with Gasteiger partial charge in [-0.15, -0.1) is 0 Å². The molecule has 0 unspecified atom stereocenters. The smallest absolute Gasteiger partial charge is 0.319 e. The molecule has 0 aromatic heterocycles. The van der Waals surface area contributed by atoms with Gasteiger partial charge in [-0.2, -0.15) is 5.26 Å². The number of amides is 2. The normalized spacial score (nSPS) is 9.14. The first-order chi connectivity index (χ1) is 6.66. The molecule has 0 saturated carbocycles. The molecule has 1 aromatic rings. The summed E-state index contributed by atoms with van der Waals surface area (Å²) in [4.78, 5) is 12.2. The first kappa shape index (κ1) is 10.1. The second-order valence-electron chi connectivity index (χ2n) is 2.86. The van der Waals surface area contributed by atoms with E-state index in [1.807, 2.05) is 12.1 Å². The van der Waals surface area contributed by atoms with Crippen LogP contribution in [0.15, 0.2) is 24.3 Å². The van der Waals surface area contributed by atoms with Gasteiger partial charge in [-0.25, -0.2) is 4.79 Å². The van der Waals surface area contributed by atoms with Crippen LogP contribution in [-0.4, -0.2) is 13.1 Å². The third-order valence-electron chi connectivity index (χ3n) is 1.95. The van der Waals surface area contributed by atoms with Gasteiger partial charge in [0.2, 0.25) is 0 Å². The summed E-state index contributed by atoms with van der Waals surface area (Å²) in [7, 11) is 1.58. The minimum Gasteiger partial charge on any atom is -0.351 e. The number of carbonyl (C=O) groups is 1. The molecule has 1 aromatic carbocycles. The monoisotopic (exact) mass is 189 g/mol. The summed E-state index contributed by atoms with van der Waals surface area (Å²) in [5.74, 6) is 0. The number of nitrogens with two attached hydrogens (primary N) is 1. The second-order valence-corrected chi connectivity index (χ2v) is 2.86. The minimum atomic E-state index is -0.532. The lowest BCUT2D eigenvalue weighted by atomic mass is 10.1. The van der Waals surface area contributed by atoms with Crippen LogP contribution >= 0.6 is 0 Å². The lowest BCUT2D eigenvalue weighted by molar-refractivity contribution is 0.255. The van der Waals surface area contributed by atoms with E-state index in [1.54, 1.807) is 25.2 Å². The maximum absolute atomic E-state index is 10.9. The molecule has 2 N–H and O–H groups in total. The molecule has 4 heteroatoms. The summed E-state index contributed by atoms with van der Waals surface area (Å²) in [5.41, 5.74) is 6.62. The van der Waals surface area contributed by atoms with Crippen molar-refractivity contribution in [1.82, 2.24) is 0 Å². The minimum absolute atomic E-state index is 0.272. The number of carbonyl (C=O) groups excluding carboxylic acids is 1. The molecule has 0 aliphatic carbocycles. The van der Waals surface area contributed by atoms with E-state index in [2.05, 4.69) is 0 Å². The van der Waals surface area contributed by atoms with E-state index in [4.69, 9.17) is 11.0 Å². The molecule has 0 fully saturated rings. The quantitative estimate of drug-likeness (QED) is 0.761. The van der Waals surface area contributed by atoms with Crippen molar-refractivity contribution in [1.29, 1.82) is 5.26 Å². The van der Waals surface area contributed by atoms with Crippen molar-refractivity contribution in [2.24, 2.45) is 5.73 Å². The highest BCUT2D eigenvalue weighted by Crippen LogP contribution is 2.18. The Morgan fingerprint density at radius 3 is 2.79 bits per heavy atom. The van der Waals surface area contributed by atoms with Crippen LogP contribution in [0, 0.1) is 11.3 Å². The van der Waals surface area contributed by atoms with Crippen molar-refractivity contribution in [2.75, 3.05) is 11.9 Å². The molecule has 0 aliphatic heterocycles. The molecule has 14 heavy (non-hydrogen) atoms. The third-order valence-corrected chi connectivity index (χ3v) is 1.95. The van der Waals surface area contributed by atoms with Crippen molar-refractivity contribution < 1.29 is 4.79 Å². The van der Waals surface area contributed by atoms with Crippen LogP contribution in [0.4, 0.5) is 10.5 Å². The van der Waals surface area contributed by atoms with Gasteiger partial charge in [-0.3, -0.25) is 4.90 Å². The highest BCUT2D eigenvalue weighted by molar-refractivity contribution is 5.90. The number of benzene rings is 1. The number of primary amides is 1. The number of urea groups is 1. The van der Waals surface area contributed by atoms with Gasteiger partial charge in [0.1, 0.15) is 0 Å². The Morgan fingerprint density at radius 1 is 1.57 bits per heavy atom. The van der Waals surface area contributed by atoms with Crippen molar-refractivity contribution in [3.8, 4) is 6.07 Å². The van der Waals surface area contributed by atoms with Crippen LogP contribution in [0.1, 0.15) is 5.56 Å². The molecular formula is C10H11N3O. The number of hydrogen-bond acceptors (Lipinski definition) is 2. The van der Waals surface area contributed by atoms with Gasteiger partial charge in [0.25, 0.3) is 0 Å². The largest absolute Gasteiger partial charge is 0.351 e. The first-order valence-electron chi connectivity index (χ1n) is 4.15. The van der Waals surface area contributed by atoms with E-state index in [0.29, 0.717) is 5.69 Å². The summed E-state index contributed by atoms with van der Waals surface area (Å²) in [6.07, 6.45) is 0.272. The van der Waals surface area contributed by atoms with Crippen molar-refractivity contribution in [3.63, 3.8) is 0 Å². The van der Waals surface area contributed by atoms with E-state index >= 15 is 0 Å². The maximum Gasteiger partial charge on any atom is 0.319 e. The SMILES string of the molecule is CN(C(N)=O)c1ccccc1CC#N. The molecule has 1 rings (SSSR count). The average molecular weight is 189 g/mol. The number of para-hydroxylation sites is 1. The fourth-order valence-corrected chi connectivity index (χ4v) is 1.19. The summed E-state index contributed by atoms with van der Waals surface area (Å²) < 4.78 is 0. The molecule has 0 heterocycles. The lowest BCUT2D eigenvalue weighted by Crippen LogP contribution is -2.32. The predicted molar refractivity (Wildman–Crippen MR) is 53.7 cm³/mol. The number of nitriles is 1. The van der Waals surface area contributed by atoms with Crippen LogP contribution in [0.3, 0.4) is 0 Å². The zero-order valence-corrected chi connectivity index (χ0v) is 7.90. The molecule has 0 atom stereocenters. The van der Waals surface area contributed by atoms with E-state index in [1.165, 1.54) is 4.90 Å². The average Bonchev–Trinajstić information content (AvgIpc) is 2.18. The zero-order valence-electron chi connectivity index (χ0n) is 7.90. The summed E-state index contributed by atoms with van der Waals surface area (Å²) >= 11 is 0. The molecule has 0 aliphatic rings. The molecule has 0 radical (unpaired) electrons. The number of hydrogen-bond donors (Lipinski definition) is 1. The maximum atomic E-state index is 10.9.